The normalized spacial score (nSPS) is 14.3. The molecular weight excluding hydrogens is 413 g/mol. The Bertz CT molecular complexity index is 1170. The van der Waals surface area contributed by atoms with E-state index in [1.807, 2.05) is 11.0 Å². The summed E-state index contributed by atoms with van der Waals surface area (Å²) in [5, 5.41) is 1.31. The Balaban J connectivity index is 1.82. The van der Waals surface area contributed by atoms with Crippen LogP contribution in [0, 0.1) is 0 Å². The third kappa shape index (κ3) is 3.59. The van der Waals surface area contributed by atoms with Gasteiger partial charge < -0.3 is 9.80 Å². The van der Waals surface area contributed by atoms with E-state index in [1.165, 1.54) is 16.7 Å². The highest BCUT2D eigenvalue weighted by Gasteiger charge is 2.24. The Morgan fingerprint density at radius 2 is 1.76 bits per heavy atom. The highest BCUT2D eigenvalue weighted by atomic mass is 35.5. The van der Waals surface area contributed by atoms with E-state index in [2.05, 4.69) is 16.5 Å². The largest absolute Gasteiger partial charge is 0.352 e. The van der Waals surface area contributed by atoms with Crippen LogP contribution >= 0.6 is 23.2 Å². The van der Waals surface area contributed by atoms with Crippen LogP contribution < -0.4 is 10.5 Å². The second kappa shape index (κ2) is 7.85. The summed E-state index contributed by atoms with van der Waals surface area (Å²) in [4.78, 5) is 37.3. The summed E-state index contributed by atoms with van der Waals surface area (Å²) in [6.07, 6.45) is 2.89. The van der Waals surface area contributed by atoms with E-state index in [4.69, 9.17) is 23.2 Å². The molecule has 148 valence electrons. The molecule has 3 heterocycles. The molecule has 4 rings (SSSR count). The fraction of sp³-hybridized carbons (Fsp3) is 0.200. The molecule has 0 radical (unpaired) electrons. The Morgan fingerprint density at radius 3 is 2.48 bits per heavy atom. The molecule has 1 aliphatic rings. The number of fused-ring (bicyclic) bond motifs is 1. The summed E-state index contributed by atoms with van der Waals surface area (Å²) in [7, 11) is 0. The number of piperazine rings is 1. The van der Waals surface area contributed by atoms with Crippen molar-refractivity contribution in [2.75, 3.05) is 31.1 Å². The number of hydrogen-bond donors (Lipinski definition) is 0. The van der Waals surface area contributed by atoms with Crippen LogP contribution in [0.15, 0.2) is 54.0 Å². The van der Waals surface area contributed by atoms with Crippen LogP contribution in [0.25, 0.3) is 16.9 Å². The molecule has 1 aromatic carbocycles. The monoisotopic (exact) mass is 429 g/mol. The van der Waals surface area contributed by atoms with Gasteiger partial charge >= 0.3 is 0 Å². The maximum atomic E-state index is 12.5. The van der Waals surface area contributed by atoms with Gasteiger partial charge in [0.2, 0.25) is 11.9 Å². The molecule has 1 aliphatic heterocycles. The van der Waals surface area contributed by atoms with Crippen molar-refractivity contribution in [2.45, 2.75) is 0 Å². The third-order valence-corrected chi connectivity index (χ3v) is 5.43. The Kier molecular flexibility index (Phi) is 5.25. The van der Waals surface area contributed by atoms with E-state index in [-0.39, 0.29) is 16.9 Å². The maximum absolute atomic E-state index is 12.5. The molecule has 9 heteroatoms. The van der Waals surface area contributed by atoms with Gasteiger partial charge in [-0.05, 0) is 30.3 Å². The van der Waals surface area contributed by atoms with Gasteiger partial charge in [-0.15, -0.1) is 0 Å². The van der Waals surface area contributed by atoms with E-state index in [1.54, 1.807) is 29.3 Å². The number of carbonyl (C=O) groups excluding carboxylic acids is 1. The predicted octanol–water partition coefficient (Wildman–Crippen LogP) is 2.92. The van der Waals surface area contributed by atoms with Gasteiger partial charge in [0.05, 0.1) is 15.9 Å². The van der Waals surface area contributed by atoms with Crippen molar-refractivity contribution in [1.29, 1.82) is 0 Å². The Labute approximate surface area is 176 Å². The molecule has 7 nitrogen and oxygen atoms in total. The van der Waals surface area contributed by atoms with E-state index >= 15 is 0 Å². The first-order valence-electron chi connectivity index (χ1n) is 8.99. The predicted molar refractivity (Wildman–Crippen MR) is 114 cm³/mol. The SMILES string of the molecule is C=CC(=O)N1CCN(c2nc(-n3cccc(Cl)c3=O)nc3cccc(Cl)c23)CC1. The molecule has 3 aromatic rings. The van der Waals surface area contributed by atoms with Crippen molar-refractivity contribution < 1.29 is 4.79 Å². The number of anilines is 1. The number of hydrogen-bond acceptors (Lipinski definition) is 5. The number of rotatable bonds is 3. The lowest BCUT2D eigenvalue weighted by molar-refractivity contribution is -0.126. The van der Waals surface area contributed by atoms with Crippen molar-refractivity contribution in [3.05, 3.63) is 69.6 Å². The molecule has 1 fully saturated rings. The van der Waals surface area contributed by atoms with Crippen LogP contribution in [0.2, 0.25) is 10.0 Å². The van der Waals surface area contributed by atoms with E-state index in [9.17, 15) is 9.59 Å². The average molecular weight is 430 g/mol. The highest BCUT2D eigenvalue weighted by molar-refractivity contribution is 6.36. The Morgan fingerprint density at radius 1 is 1.03 bits per heavy atom. The van der Waals surface area contributed by atoms with Crippen molar-refractivity contribution >= 4 is 45.8 Å². The van der Waals surface area contributed by atoms with Gasteiger partial charge in [0.15, 0.2) is 0 Å². The van der Waals surface area contributed by atoms with Gasteiger partial charge in [-0.3, -0.25) is 14.2 Å². The summed E-state index contributed by atoms with van der Waals surface area (Å²) in [5.41, 5.74) is 0.219. The van der Waals surface area contributed by atoms with E-state index < -0.39 is 5.56 Å². The van der Waals surface area contributed by atoms with Crippen molar-refractivity contribution in [1.82, 2.24) is 19.4 Å². The molecule has 1 saturated heterocycles. The van der Waals surface area contributed by atoms with Gasteiger partial charge in [0.25, 0.3) is 5.56 Å². The molecule has 0 unspecified atom stereocenters. The van der Waals surface area contributed by atoms with Crippen LogP contribution in [0.3, 0.4) is 0 Å². The minimum atomic E-state index is -0.400. The molecule has 1 amide bonds. The lowest BCUT2D eigenvalue weighted by Crippen LogP contribution is -2.48. The van der Waals surface area contributed by atoms with Gasteiger partial charge in [0.1, 0.15) is 10.8 Å². The standard InChI is InChI=1S/C20H17Cl2N5O2/c1-2-16(28)25-9-11-26(12-10-25)18-17-13(21)5-3-7-15(17)23-20(24-18)27-8-4-6-14(22)19(27)29/h2-8H,1,9-12H2. The van der Waals surface area contributed by atoms with Gasteiger partial charge in [-0.2, -0.15) is 4.98 Å². The molecule has 29 heavy (non-hydrogen) atoms. The van der Waals surface area contributed by atoms with Gasteiger partial charge in [-0.25, -0.2) is 4.98 Å². The zero-order valence-corrected chi connectivity index (χ0v) is 16.9. The molecule has 0 spiro atoms. The summed E-state index contributed by atoms with van der Waals surface area (Å²) in [5.74, 6) is 0.737. The van der Waals surface area contributed by atoms with Crippen molar-refractivity contribution in [3.63, 3.8) is 0 Å². The van der Waals surface area contributed by atoms with E-state index in [0.29, 0.717) is 47.9 Å². The third-order valence-electron chi connectivity index (χ3n) is 4.82. The first kappa shape index (κ1) is 19.4. The number of benzene rings is 1. The number of amides is 1. The van der Waals surface area contributed by atoms with Crippen LogP contribution in [-0.4, -0.2) is 51.5 Å². The molecule has 2 aromatic heterocycles. The molecule has 0 bridgehead atoms. The summed E-state index contributed by atoms with van der Waals surface area (Å²) >= 11 is 12.5. The molecule has 0 atom stereocenters. The number of carbonyl (C=O) groups is 1. The Hall–Kier alpha value is -2.90. The minimum absolute atomic E-state index is 0.0837. The highest BCUT2D eigenvalue weighted by Crippen LogP contribution is 2.31. The number of aromatic nitrogens is 3. The molecule has 0 aliphatic carbocycles. The minimum Gasteiger partial charge on any atom is -0.352 e. The summed E-state index contributed by atoms with van der Waals surface area (Å²) in [6, 6.07) is 8.58. The van der Waals surface area contributed by atoms with E-state index in [0.717, 1.165) is 0 Å². The number of halogens is 2. The lowest BCUT2D eigenvalue weighted by atomic mass is 10.2. The molecule has 0 saturated carbocycles. The van der Waals surface area contributed by atoms with Gasteiger partial charge in [-0.1, -0.05) is 35.8 Å². The summed E-state index contributed by atoms with van der Waals surface area (Å²) in [6.45, 7) is 5.75. The second-order valence-corrected chi connectivity index (χ2v) is 7.34. The molecular formula is C20H17Cl2N5O2. The zero-order chi connectivity index (χ0) is 20.5. The van der Waals surface area contributed by atoms with Crippen LogP contribution in [-0.2, 0) is 4.79 Å². The number of nitrogens with zero attached hydrogens (tertiary/aromatic N) is 5. The number of pyridine rings is 1. The fourth-order valence-electron chi connectivity index (χ4n) is 3.34. The topological polar surface area (TPSA) is 71.3 Å². The first-order chi connectivity index (χ1) is 14.0. The first-order valence-corrected chi connectivity index (χ1v) is 9.75. The van der Waals surface area contributed by atoms with Crippen LogP contribution in [0.1, 0.15) is 0 Å². The van der Waals surface area contributed by atoms with Crippen LogP contribution in [0.5, 0.6) is 0 Å². The quantitative estimate of drug-likeness (QED) is 0.598. The lowest BCUT2D eigenvalue weighted by Gasteiger charge is -2.35. The van der Waals surface area contributed by atoms with Crippen LogP contribution in [0.4, 0.5) is 5.82 Å². The van der Waals surface area contributed by atoms with Crippen molar-refractivity contribution in [3.8, 4) is 5.95 Å². The average Bonchev–Trinajstić information content (AvgIpc) is 2.74. The smallest absolute Gasteiger partial charge is 0.276 e. The second-order valence-electron chi connectivity index (χ2n) is 6.53. The fourth-order valence-corrected chi connectivity index (χ4v) is 3.76. The maximum Gasteiger partial charge on any atom is 0.276 e. The molecule has 0 N–H and O–H groups in total. The van der Waals surface area contributed by atoms with Crippen molar-refractivity contribution in [2.24, 2.45) is 0 Å². The van der Waals surface area contributed by atoms with Gasteiger partial charge in [0, 0.05) is 32.4 Å². The zero-order valence-electron chi connectivity index (χ0n) is 15.4. The summed E-state index contributed by atoms with van der Waals surface area (Å²) < 4.78 is 1.31.